The number of likely N-dealkylation sites (tertiary alicyclic amines) is 1. The molecule has 0 N–H and O–H groups in total. The monoisotopic (exact) mass is 357 g/mol. The van der Waals surface area contributed by atoms with Crippen LogP contribution in [0.1, 0.15) is 18.4 Å². The van der Waals surface area contributed by atoms with Gasteiger partial charge in [-0.1, -0.05) is 53.8 Å². The van der Waals surface area contributed by atoms with Crippen LogP contribution in [0.5, 0.6) is 0 Å². The van der Waals surface area contributed by atoms with Gasteiger partial charge in [-0.3, -0.25) is 9.91 Å². The molecule has 0 aliphatic carbocycles. The number of anilines is 1. The molecule has 2 aliphatic rings. The summed E-state index contributed by atoms with van der Waals surface area (Å²) in [6.07, 6.45) is 2.29. The Balaban J connectivity index is 0.00000182. The van der Waals surface area contributed by atoms with Gasteiger partial charge in [0.2, 0.25) is 0 Å². The van der Waals surface area contributed by atoms with E-state index in [2.05, 4.69) is 62.8 Å². The van der Waals surface area contributed by atoms with E-state index < -0.39 is 0 Å². The number of nitrogens with zero attached hydrogens (tertiary/aromatic N) is 5. The van der Waals surface area contributed by atoms with Crippen molar-refractivity contribution in [2.24, 2.45) is 10.4 Å². The second kappa shape index (κ2) is 8.32. The van der Waals surface area contributed by atoms with E-state index in [4.69, 9.17) is 0 Å². The minimum absolute atomic E-state index is 0. The Hall–Kier alpha value is -2.11. The lowest BCUT2D eigenvalue weighted by Crippen LogP contribution is -2.43. The van der Waals surface area contributed by atoms with E-state index in [1.54, 1.807) is 0 Å². The summed E-state index contributed by atoms with van der Waals surface area (Å²) in [6.45, 7) is 4.05. The molecule has 1 saturated heterocycles. The van der Waals surface area contributed by atoms with Crippen molar-refractivity contribution in [1.29, 1.82) is 0 Å². The van der Waals surface area contributed by atoms with E-state index in [1.165, 1.54) is 5.56 Å². The molecular formula is C19H24ClN5. The number of benzene rings is 2. The lowest BCUT2D eigenvalue weighted by molar-refractivity contribution is 0.115. The van der Waals surface area contributed by atoms with Crippen LogP contribution in [-0.2, 0) is 6.54 Å². The predicted octanol–water partition coefficient (Wildman–Crippen LogP) is 4.13. The van der Waals surface area contributed by atoms with Crippen LogP contribution in [0.4, 0.5) is 5.69 Å². The highest BCUT2D eigenvalue weighted by atomic mass is 35.5. The molecule has 0 radical (unpaired) electrons. The van der Waals surface area contributed by atoms with Gasteiger partial charge in [0.15, 0.2) is 0 Å². The third-order valence-corrected chi connectivity index (χ3v) is 4.82. The van der Waals surface area contributed by atoms with Gasteiger partial charge in [0.1, 0.15) is 6.67 Å². The van der Waals surface area contributed by atoms with Gasteiger partial charge < -0.3 is 0 Å². The second-order valence-electron chi connectivity index (χ2n) is 6.49. The van der Waals surface area contributed by atoms with Crippen LogP contribution in [-0.4, -0.2) is 35.7 Å². The molecule has 2 aliphatic heterocycles. The molecule has 2 heterocycles. The largest absolute Gasteiger partial charge is 0.299 e. The molecule has 0 bridgehead atoms. The van der Waals surface area contributed by atoms with Crippen molar-refractivity contribution in [3.63, 3.8) is 0 Å². The fourth-order valence-corrected chi connectivity index (χ4v) is 3.43. The average molecular weight is 358 g/mol. The highest BCUT2D eigenvalue weighted by Crippen LogP contribution is 2.25. The quantitative estimate of drug-likeness (QED) is 0.825. The Morgan fingerprint density at radius 3 is 2.16 bits per heavy atom. The van der Waals surface area contributed by atoms with Crippen molar-refractivity contribution in [1.82, 2.24) is 9.91 Å². The maximum Gasteiger partial charge on any atom is 0.132 e. The summed E-state index contributed by atoms with van der Waals surface area (Å²) in [7, 11) is 0. The minimum Gasteiger partial charge on any atom is -0.299 e. The van der Waals surface area contributed by atoms with Crippen molar-refractivity contribution in [2.45, 2.75) is 25.4 Å². The molecule has 0 amide bonds. The number of para-hydroxylation sites is 1. The molecule has 0 atom stereocenters. The topological polar surface area (TPSA) is 34.4 Å². The molecule has 0 saturated carbocycles. The zero-order valence-corrected chi connectivity index (χ0v) is 15.1. The standard InChI is InChI=1S/C19H23N5.ClH/c1-3-7-17(8-4-1)15-22-13-11-19(12-14-22)24-16-23(20-21-24)18-9-5-2-6-10-18;/h1-10,19H,11-16H2;1H. The first-order valence-electron chi connectivity index (χ1n) is 8.65. The normalized spacial score (nSPS) is 18.4. The first kappa shape index (κ1) is 17.7. The zero-order chi connectivity index (χ0) is 16.2. The van der Waals surface area contributed by atoms with Gasteiger partial charge in [-0.2, -0.15) is 0 Å². The Kier molecular flexibility index (Phi) is 5.89. The molecule has 2 aromatic carbocycles. The Bertz CT molecular complexity index is 671. The third kappa shape index (κ3) is 4.30. The van der Waals surface area contributed by atoms with Crippen LogP contribution in [0.2, 0.25) is 0 Å². The van der Waals surface area contributed by atoms with Crippen LogP contribution in [0.25, 0.3) is 0 Å². The van der Waals surface area contributed by atoms with Gasteiger partial charge in [0, 0.05) is 19.6 Å². The number of rotatable bonds is 4. The van der Waals surface area contributed by atoms with Crippen LogP contribution in [0.3, 0.4) is 0 Å². The summed E-state index contributed by atoms with van der Waals surface area (Å²) in [5.41, 5.74) is 2.50. The molecule has 25 heavy (non-hydrogen) atoms. The van der Waals surface area contributed by atoms with Crippen LogP contribution in [0, 0.1) is 0 Å². The van der Waals surface area contributed by atoms with Crippen molar-refractivity contribution < 1.29 is 0 Å². The molecule has 0 unspecified atom stereocenters. The Labute approximate surface area is 155 Å². The number of hydrogen-bond donors (Lipinski definition) is 0. The Morgan fingerprint density at radius 2 is 1.48 bits per heavy atom. The molecule has 6 heteroatoms. The summed E-state index contributed by atoms with van der Waals surface area (Å²) in [6, 6.07) is 21.5. The fourth-order valence-electron chi connectivity index (χ4n) is 3.43. The summed E-state index contributed by atoms with van der Waals surface area (Å²) >= 11 is 0. The fraction of sp³-hybridized carbons (Fsp3) is 0.368. The molecule has 0 aromatic heterocycles. The van der Waals surface area contributed by atoms with Gasteiger partial charge in [-0.15, -0.1) is 12.4 Å². The number of halogens is 1. The van der Waals surface area contributed by atoms with E-state index >= 15 is 0 Å². The molecule has 2 aromatic rings. The van der Waals surface area contributed by atoms with Crippen molar-refractivity contribution in [2.75, 3.05) is 24.8 Å². The van der Waals surface area contributed by atoms with E-state index in [1.807, 2.05) is 23.2 Å². The Morgan fingerprint density at radius 1 is 0.840 bits per heavy atom. The van der Waals surface area contributed by atoms with Gasteiger partial charge in [0.05, 0.1) is 11.7 Å². The van der Waals surface area contributed by atoms with Crippen molar-refractivity contribution in [3.05, 3.63) is 66.2 Å². The summed E-state index contributed by atoms with van der Waals surface area (Å²) in [4.78, 5) is 2.54. The average Bonchev–Trinajstić information content (AvgIpc) is 3.14. The van der Waals surface area contributed by atoms with E-state index in [0.717, 1.165) is 44.8 Å². The van der Waals surface area contributed by atoms with Crippen LogP contribution < -0.4 is 5.01 Å². The lowest BCUT2D eigenvalue weighted by atomic mass is 10.0. The maximum atomic E-state index is 4.39. The smallest absolute Gasteiger partial charge is 0.132 e. The van der Waals surface area contributed by atoms with Gasteiger partial charge >= 0.3 is 0 Å². The summed E-state index contributed by atoms with van der Waals surface area (Å²) in [5.74, 6) is 0. The van der Waals surface area contributed by atoms with E-state index in [0.29, 0.717) is 6.04 Å². The van der Waals surface area contributed by atoms with Crippen molar-refractivity contribution >= 4 is 18.1 Å². The lowest BCUT2D eigenvalue weighted by Gasteiger charge is -2.35. The summed E-state index contributed by atoms with van der Waals surface area (Å²) < 4.78 is 0. The molecule has 0 spiro atoms. The van der Waals surface area contributed by atoms with E-state index in [9.17, 15) is 0 Å². The second-order valence-corrected chi connectivity index (χ2v) is 6.49. The highest BCUT2D eigenvalue weighted by Gasteiger charge is 2.28. The predicted molar refractivity (Wildman–Crippen MR) is 102 cm³/mol. The van der Waals surface area contributed by atoms with E-state index in [-0.39, 0.29) is 12.4 Å². The first-order chi connectivity index (χ1) is 11.9. The van der Waals surface area contributed by atoms with Gasteiger partial charge in [-0.25, -0.2) is 5.01 Å². The highest BCUT2D eigenvalue weighted by molar-refractivity contribution is 5.85. The molecular weight excluding hydrogens is 334 g/mol. The molecule has 4 rings (SSSR count). The molecule has 5 nitrogen and oxygen atoms in total. The molecule has 1 fully saturated rings. The maximum absolute atomic E-state index is 4.39. The zero-order valence-electron chi connectivity index (χ0n) is 14.2. The number of piperidine rings is 1. The van der Waals surface area contributed by atoms with Gasteiger partial charge in [-0.05, 0) is 35.8 Å². The SMILES string of the molecule is Cl.c1ccc(CN2CCC(N3CN(c4ccccc4)N=N3)CC2)cc1. The van der Waals surface area contributed by atoms with Crippen LogP contribution >= 0.6 is 12.4 Å². The summed E-state index contributed by atoms with van der Waals surface area (Å²) in [5, 5.41) is 12.8. The first-order valence-corrected chi connectivity index (χ1v) is 8.65. The van der Waals surface area contributed by atoms with Gasteiger partial charge in [0.25, 0.3) is 0 Å². The van der Waals surface area contributed by atoms with Crippen LogP contribution in [0.15, 0.2) is 71.1 Å². The third-order valence-electron chi connectivity index (χ3n) is 4.82. The molecule has 132 valence electrons. The minimum atomic E-state index is 0. The van der Waals surface area contributed by atoms with Crippen molar-refractivity contribution in [3.8, 4) is 0 Å². The number of hydrogen-bond acceptors (Lipinski definition) is 5.